The number of rotatable bonds is 10. The fourth-order valence-corrected chi connectivity index (χ4v) is 3.52. The van der Waals surface area contributed by atoms with Crippen LogP contribution in [0.25, 0.3) is 0 Å². The Morgan fingerprint density at radius 2 is 1.55 bits per heavy atom. The maximum absolute atomic E-state index is 10.9. The summed E-state index contributed by atoms with van der Waals surface area (Å²) in [5.41, 5.74) is 0. The fraction of sp³-hybridized carbons (Fsp3) is 1.00. The first-order valence-electron chi connectivity index (χ1n) is 6.33. The molecule has 0 bridgehead atoms. The van der Waals surface area contributed by atoms with Gasteiger partial charge in [0.1, 0.15) is 7.60 Å². The van der Waals surface area contributed by atoms with E-state index in [1.54, 1.807) is 0 Å². The first-order chi connectivity index (χ1) is 8.57. The van der Waals surface area contributed by atoms with E-state index in [9.17, 15) is 23.8 Å². The molecule has 0 fully saturated rings. The molecule has 0 amide bonds. The lowest BCUT2D eigenvalue weighted by atomic mass is 9.99. The normalized spacial score (nSPS) is 15.0. The first-order valence-corrected chi connectivity index (χ1v) is 9.82. The van der Waals surface area contributed by atoms with Crippen LogP contribution in [0.5, 0.6) is 0 Å². The van der Waals surface area contributed by atoms with E-state index in [-0.39, 0.29) is 30.9 Å². The molecule has 0 saturated carbocycles. The Bertz CT molecular complexity index is 324. The van der Waals surface area contributed by atoms with Crippen molar-refractivity contribution in [2.24, 2.45) is 5.92 Å². The minimum Gasteiger partial charge on any atom is -0.810 e. The van der Waals surface area contributed by atoms with Crippen LogP contribution in [-0.4, -0.2) is 28.9 Å². The summed E-state index contributed by atoms with van der Waals surface area (Å²) in [6.07, 6.45) is 1.85. The van der Waals surface area contributed by atoms with Gasteiger partial charge in [-0.3, -0.25) is 4.90 Å². The molecule has 12 heteroatoms. The van der Waals surface area contributed by atoms with Crippen LogP contribution in [0.1, 0.15) is 39.5 Å². The molecule has 0 aliphatic heterocycles. The average molecular weight is 368 g/mol. The molecule has 2 unspecified atom stereocenters. The van der Waals surface area contributed by atoms with E-state index in [0.717, 1.165) is 30.6 Å². The van der Waals surface area contributed by atoms with E-state index in [1.807, 2.05) is 13.8 Å². The topological polar surface area (TPSA) is 236 Å². The van der Waals surface area contributed by atoms with Crippen LogP contribution in [0.4, 0.5) is 0 Å². The van der Waals surface area contributed by atoms with Crippen molar-refractivity contribution in [2.75, 3.05) is 19.1 Å². The Morgan fingerprint density at radius 3 is 1.86 bits per heavy atom. The highest BCUT2D eigenvalue weighted by Crippen LogP contribution is 2.34. The summed E-state index contributed by atoms with van der Waals surface area (Å²) in [5.74, 6) is 0.109. The third-order valence-electron chi connectivity index (χ3n) is 2.81. The van der Waals surface area contributed by atoms with Crippen molar-refractivity contribution in [1.82, 2.24) is 23.4 Å². The minimum absolute atomic E-state index is 0. The van der Waals surface area contributed by atoms with Crippen molar-refractivity contribution < 1.29 is 28.7 Å². The molecule has 140 valence electrons. The molecule has 0 aliphatic rings. The summed E-state index contributed by atoms with van der Waals surface area (Å²) in [6.45, 7) is 4.12. The van der Waals surface area contributed by atoms with E-state index in [4.69, 9.17) is 4.89 Å². The summed E-state index contributed by atoms with van der Waals surface area (Å²) in [6, 6.07) is 0. The lowest BCUT2D eigenvalue weighted by Crippen LogP contribution is -2.36. The second-order valence-corrected chi connectivity index (χ2v) is 7.86. The smallest absolute Gasteiger partial charge is 0.146 e. The van der Waals surface area contributed by atoms with Crippen LogP contribution < -0.4 is 33.1 Å². The van der Waals surface area contributed by atoms with Crippen molar-refractivity contribution in [3.8, 4) is 0 Å². The lowest BCUT2D eigenvalue weighted by molar-refractivity contribution is -0.315. The number of quaternary nitrogens is 3. The van der Waals surface area contributed by atoms with E-state index in [1.165, 1.54) is 0 Å². The highest BCUT2D eigenvalue weighted by molar-refractivity contribution is 7.50. The zero-order valence-corrected chi connectivity index (χ0v) is 16.1. The van der Waals surface area contributed by atoms with Crippen molar-refractivity contribution >= 4 is 15.2 Å². The van der Waals surface area contributed by atoms with Crippen LogP contribution in [0.15, 0.2) is 0 Å². The minimum atomic E-state index is -4.85. The summed E-state index contributed by atoms with van der Waals surface area (Å²) in [5, 5.41) is 0. The highest BCUT2D eigenvalue weighted by atomic mass is 31.2. The van der Waals surface area contributed by atoms with Crippen LogP contribution in [0, 0.1) is 5.92 Å². The highest BCUT2D eigenvalue weighted by Gasteiger charge is 2.17. The molecule has 2 atom stereocenters. The van der Waals surface area contributed by atoms with E-state index in [2.05, 4.69) is 0 Å². The summed E-state index contributed by atoms with van der Waals surface area (Å²) in [7, 11) is -9.47. The summed E-state index contributed by atoms with van der Waals surface area (Å²) >= 11 is 0. The molecule has 0 aromatic carbocycles. The van der Waals surface area contributed by atoms with Gasteiger partial charge in [0.2, 0.25) is 0 Å². The maximum atomic E-state index is 10.9. The molecular weight excluding hydrogens is 334 g/mol. The third-order valence-corrected chi connectivity index (χ3v) is 4.32. The zero-order valence-electron chi connectivity index (χ0n) is 14.4. The van der Waals surface area contributed by atoms with E-state index >= 15 is 0 Å². The van der Waals surface area contributed by atoms with Gasteiger partial charge in [0.25, 0.3) is 0 Å². The second-order valence-electron chi connectivity index (χ2n) is 4.80. The molecule has 22 heavy (non-hydrogen) atoms. The standard InChI is InChI=1S/C10H25NO6P2.3H3N/c1-3-5-6-10(4-2)7-11(8-18(12,13)14)9-19(15,16)17;;;/h10H,3-9H2,1-2H3,(H2,12,13,14)(H2,15,16,17);3*1H3. The quantitative estimate of drug-likeness (QED) is 0.407. The number of unbranched alkanes of at least 4 members (excludes halogenated alkanes) is 1. The van der Waals surface area contributed by atoms with Gasteiger partial charge in [0.05, 0.1) is 6.29 Å². The van der Waals surface area contributed by atoms with Crippen LogP contribution in [0.3, 0.4) is 0 Å². The van der Waals surface area contributed by atoms with Crippen molar-refractivity contribution in [3.05, 3.63) is 0 Å². The van der Waals surface area contributed by atoms with Gasteiger partial charge in [0.15, 0.2) is 0 Å². The number of hydrogen-bond acceptors (Lipinski definition) is 6. The number of hydrogen-bond donors (Lipinski definition) is 4. The van der Waals surface area contributed by atoms with Gasteiger partial charge in [-0.1, -0.05) is 40.7 Å². The Morgan fingerprint density at radius 1 is 1.05 bits per heavy atom. The van der Waals surface area contributed by atoms with Gasteiger partial charge in [-0.25, -0.2) is 0 Å². The van der Waals surface area contributed by atoms with Gasteiger partial charge >= 0.3 is 0 Å². The monoisotopic (exact) mass is 368 g/mol. The molecule has 10 nitrogen and oxygen atoms in total. The fourth-order valence-electron chi connectivity index (χ4n) is 1.94. The molecular formula is C10H34N4O6P2. The molecule has 0 saturated heterocycles. The predicted molar refractivity (Wildman–Crippen MR) is 85.1 cm³/mol. The van der Waals surface area contributed by atoms with Gasteiger partial charge < -0.3 is 47.2 Å². The third kappa shape index (κ3) is 18.2. The average Bonchev–Trinajstić information content (AvgIpc) is 2.19. The Balaban J connectivity index is -0.000000540. The van der Waals surface area contributed by atoms with Gasteiger partial charge in [-0.15, -0.1) is 0 Å². The van der Waals surface area contributed by atoms with Gasteiger partial charge in [0, 0.05) is 12.8 Å². The largest absolute Gasteiger partial charge is 0.810 e. The molecule has 0 rings (SSSR count). The van der Waals surface area contributed by atoms with Gasteiger partial charge in [-0.2, -0.15) is 0 Å². The van der Waals surface area contributed by atoms with Crippen molar-refractivity contribution in [2.45, 2.75) is 39.5 Å². The molecule has 0 aromatic rings. The molecule has 0 aliphatic carbocycles. The molecule has 0 aromatic heterocycles. The second kappa shape index (κ2) is 13.6. The molecule has 0 radical (unpaired) electrons. The zero-order chi connectivity index (χ0) is 15.1. The first kappa shape index (κ1) is 30.1. The molecule has 0 spiro atoms. The Hall–Kier alpha value is 0.140. The van der Waals surface area contributed by atoms with Crippen LogP contribution >= 0.6 is 15.2 Å². The molecule has 13 N–H and O–H groups in total. The van der Waals surface area contributed by atoms with Crippen LogP contribution in [-0.2, 0) is 9.13 Å². The Labute approximate surface area is 132 Å². The van der Waals surface area contributed by atoms with E-state index in [0.29, 0.717) is 0 Å². The molecule has 0 heterocycles. The summed E-state index contributed by atoms with van der Waals surface area (Å²) in [4.78, 5) is 42.2. The van der Waals surface area contributed by atoms with E-state index < -0.39 is 27.8 Å². The van der Waals surface area contributed by atoms with Crippen LogP contribution in [0.2, 0.25) is 0 Å². The Kier molecular flexibility index (Phi) is 18.5. The lowest BCUT2D eigenvalue weighted by Gasteiger charge is -2.38. The van der Waals surface area contributed by atoms with Crippen molar-refractivity contribution in [3.63, 3.8) is 0 Å². The maximum Gasteiger partial charge on any atom is 0.146 e. The number of nitrogens with zero attached hydrogens (tertiary/aromatic N) is 1. The SMILES string of the molecule is CCCCC(CC)CN(CP(=O)([O-])[O-])CP(=O)([O-])O.[NH4+].[NH4+].[NH4+]. The predicted octanol–water partition coefficient (Wildman–Crippen LogP) is 1.01. The van der Waals surface area contributed by atoms with Crippen molar-refractivity contribution in [1.29, 1.82) is 0 Å². The summed E-state index contributed by atoms with van der Waals surface area (Å²) < 4.78 is 21.6. The van der Waals surface area contributed by atoms with Gasteiger partial charge in [-0.05, 0) is 12.3 Å².